The maximum atomic E-state index is 11.9. The molecule has 0 bridgehead atoms. The zero-order valence-corrected chi connectivity index (χ0v) is 18.7. The molecule has 0 aliphatic heterocycles. The molecule has 0 radical (unpaired) electrons. The average molecular weight is 484 g/mol. The van der Waals surface area contributed by atoms with Gasteiger partial charge in [0.15, 0.2) is 17.2 Å². The quantitative estimate of drug-likeness (QED) is 0.549. The highest BCUT2D eigenvalue weighted by Gasteiger charge is 2.24. The zero-order valence-electron chi connectivity index (χ0n) is 16.3. The Balaban J connectivity index is 2.39. The summed E-state index contributed by atoms with van der Waals surface area (Å²) in [6.07, 6.45) is 0. The number of carboxylic acids is 2. The van der Waals surface area contributed by atoms with Crippen LogP contribution >= 0.6 is 27.3 Å². The first kappa shape index (κ1) is 22.9. The van der Waals surface area contributed by atoms with Gasteiger partial charge in [0.25, 0.3) is 0 Å². The van der Waals surface area contributed by atoms with E-state index in [9.17, 15) is 19.5 Å². The number of carboxylic acid groups (broad SMARTS) is 2. The van der Waals surface area contributed by atoms with Crippen LogP contribution in [0.25, 0.3) is 10.4 Å². The average Bonchev–Trinajstić information content (AvgIpc) is 2.96. The molecule has 0 fully saturated rings. The fourth-order valence-electron chi connectivity index (χ4n) is 2.76. The summed E-state index contributed by atoms with van der Waals surface area (Å²) in [4.78, 5) is 36.6. The molecule has 0 atom stereocenters. The number of aromatic carboxylic acids is 1. The Morgan fingerprint density at radius 2 is 1.93 bits per heavy atom. The molecule has 2 N–H and O–H groups in total. The Kier molecular flexibility index (Phi) is 7.80. The summed E-state index contributed by atoms with van der Waals surface area (Å²) in [6.45, 7) is 6.06. The number of carbonyl (C=O) groups excluding carboxylic acids is 1. The van der Waals surface area contributed by atoms with E-state index in [1.165, 1.54) is 6.92 Å². The number of ether oxygens (including phenoxy) is 1. The van der Waals surface area contributed by atoms with E-state index < -0.39 is 18.5 Å². The summed E-state index contributed by atoms with van der Waals surface area (Å²) in [5.74, 6) is -2.08. The number of benzene rings is 1. The van der Waals surface area contributed by atoms with Crippen LogP contribution in [0.2, 0.25) is 0 Å². The van der Waals surface area contributed by atoms with Crippen molar-refractivity contribution < 1.29 is 29.3 Å². The van der Waals surface area contributed by atoms with E-state index in [0.717, 1.165) is 22.5 Å². The molecular formula is C20H22BrNO6S. The van der Waals surface area contributed by atoms with Gasteiger partial charge in [-0.15, -0.1) is 11.3 Å². The molecule has 2 rings (SSSR count). The van der Waals surface area contributed by atoms with Crippen LogP contribution < -0.4 is 4.74 Å². The molecule has 0 saturated heterocycles. The molecule has 7 nitrogen and oxygen atoms in total. The number of halogens is 1. The van der Waals surface area contributed by atoms with E-state index in [0.29, 0.717) is 28.4 Å². The van der Waals surface area contributed by atoms with Crippen molar-refractivity contribution in [3.8, 4) is 16.2 Å². The number of nitrogens with zero attached hydrogens (tertiary/aromatic N) is 1. The van der Waals surface area contributed by atoms with Gasteiger partial charge in [0.1, 0.15) is 0 Å². The SMILES string of the molecule is CC(=O)N(Cc1cccc(-c2sc(C(=O)O)c(OCC(=O)O)c2Br)c1)CC(C)C. The maximum absolute atomic E-state index is 11.9. The van der Waals surface area contributed by atoms with E-state index in [2.05, 4.69) is 15.9 Å². The van der Waals surface area contributed by atoms with Crippen LogP contribution in [0.5, 0.6) is 5.75 Å². The number of amides is 1. The molecule has 1 amide bonds. The van der Waals surface area contributed by atoms with Crippen LogP contribution in [0.1, 0.15) is 36.0 Å². The van der Waals surface area contributed by atoms with Crippen molar-refractivity contribution in [2.24, 2.45) is 5.92 Å². The smallest absolute Gasteiger partial charge is 0.349 e. The van der Waals surface area contributed by atoms with E-state index >= 15 is 0 Å². The first-order chi connectivity index (χ1) is 13.6. The van der Waals surface area contributed by atoms with Crippen LogP contribution in [0, 0.1) is 5.92 Å². The third-order valence-electron chi connectivity index (χ3n) is 3.94. The summed E-state index contributed by atoms with van der Waals surface area (Å²) >= 11 is 4.35. The molecule has 0 aliphatic rings. The monoisotopic (exact) mass is 483 g/mol. The zero-order chi connectivity index (χ0) is 21.7. The van der Waals surface area contributed by atoms with Crippen molar-refractivity contribution in [3.05, 3.63) is 39.2 Å². The number of hydrogen-bond donors (Lipinski definition) is 2. The first-order valence-electron chi connectivity index (χ1n) is 8.85. The molecule has 1 aromatic carbocycles. The van der Waals surface area contributed by atoms with Crippen molar-refractivity contribution in [1.82, 2.24) is 4.90 Å². The summed E-state index contributed by atoms with van der Waals surface area (Å²) in [5.41, 5.74) is 1.66. The highest BCUT2D eigenvalue weighted by atomic mass is 79.9. The standard InChI is InChI=1S/C20H22BrNO6S/c1-11(2)8-22(12(3)23)9-13-5-4-6-14(7-13)18-16(21)17(28-10-15(24)25)19(29-18)20(26)27/h4-7,11H,8-10H2,1-3H3,(H,24,25)(H,26,27). The number of carbonyl (C=O) groups is 3. The summed E-state index contributed by atoms with van der Waals surface area (Å²) in [5, 5.41) is 18.3. The molecule has 9 heteroatoms. The van der Waals surface area contributed by atoms with Gasteiger partial charge in [0.05, 0.1) is 9.35 Å². The highest BCUT2D eigenvalue weighted by molar-refractivity contribution is 9.10. The van der Waals surface area contributed by atoms with Gasteiger partial charge in [-0.25, -0.2) is 9.59 Å². The fraction of sp³-hybridized carbons (Fsp3) is 0.350. The van der Waals surface area contributed by atoms with Crippen molar-refractivity contribution >= 4 is 45.1 Å². The Morgan fingerprint density at radius 3 is 2.48 bits per heavy atom. The second-order valence-corrected chi connectivity index (χ2v) is 8.70. The van der Waals surface area contributed by atoms with Gasteiger partial charge in [0.2, 0.25) is 5.91 Å². The molecule has 1 aromatic heterocycles. The number of rotatable bonds is 9. The van der Waals surface area contributed by atoms with Crippen LogP contribution in [0.15, 0.2) is 28.7 Å². The summed E-state index contributed by atoms with van der Waals surface area (Å²) < 4.78 is 5.59. The lowest BCUT2D eigenvalue weighted by Crippen LogP contribution is -2.31. The molecule has 156 valence electrons. The molecule has 2 aromatic rings. The van der Waals surface area contributed by atoms with Crippen LogP contribution in [0.3, 0.4) is 0 Å². The minimum Gasteiger partial charge on any atom is -0.479 e. The third kappa shape index (κ3) is 6.04. The highest BCUT2D eigenvalue weighted by Crippen LogP contribution is 2.45. The normalized spacial score (nSPS) is 10.8. The molecular weight excluding hydrogens is 462 g/mol. The van der Waals surface area contributed by atoms with Crippen molar-refractivity contribution in [2.75, 3.05) is 13.2 Å². The second-order valence-electron chi connectivity index (χ2n) is 6.88. The minimum absolute atomic E-state index is 0.00419. The lowest BCUT2D eigenvalue weighted by molar-refractivity contribution is -0.139. The Bertz CT molecular complexity index is 924. The van der Waals surface area contributed by atoms with E-state index in [-0.39, 0.29) is 16.5 Å². The van der Waals surface area contributed by atoms with E-state index in [1.54, 1.807) is 4.90 Å². The molecule has 0 spiro atoms. The number of aliphatic carboxylic acids is 1. The van der Waals surface area contributed by atoms with Crippen LogP contribution in [0.4, 0.5) is 0 Å². The number of thiophene rings is 1. The van der Waals surface area contributed by atoms with Gasteiger partial charge in [-0.05, 0) is 39.0 Å². The molecule has 0 unspecified atom stereocenters. The lowest BCUT2D eigenvalue weighted by Gasteiger charge is -2.23. The summed E-state index contributed by atoms with van der Waals surface area (Å²) in [6, 6.07) is 7.46. The predicted molar refractivity (Wildman–Crippen MR) is 113 cm³/mol. The van der Waals surface area contributed by atoms with Crippen LogP contribution in [-0.2, 0) is 16.1 Å². The molecule has 29 heavy (non-hydrogen) atoms. The molecule has 0 aliphatic carbocycles. The number of hydrogen-bond acceptors (Lipinski definition) is 5. The van der Waals surface area contributed by atoms with Gasteiger partial charge < -0.3 is 19.8 Å². The lowest BCUT2D eigenvalue weighted by atomic mass is 10.1. The van der Waals surface area contributed by atoms with E-state index in [1.807, 2.05) is 38.1 Å². The first-order valence-corrected chi connectivity index (χ1v) is 10.5. The second kappa shape index (κ2) is 9.89. The van der Waals surface area contributed by atoms with E-state index in [4.69, 9.17) is 9.84 Å². The van der Waals surface area contributed by atoms with Crippen molar-refractivity contribution in [3.63, 3.8) is 0 Å². The summed E-state index contributed by atoms with van der Waals surface area (Å²) in [7, 11) is 0. The third-order valence-corrected chi connectivity index (χ3v) is 6.16. The van der Waals surface area contributed by atoms with Gasteiger partial charge in [-0.3, -0.25) is 4.79 Å². The van der Waals surface area contributed by atoms with Gasteiger partial charge in [-0.2, -0.15) is 0 Å². The fourth-order valence-corrected chi connectivity index (χ4v) is 4.65. The van der Waals surface area contributed by atoms with Crippen LogP contribution in [-0.4, -0.2) is 46.1 Å². The Hall–Kier alpha value is -2.39. The predicted octanol–water partition coefficient (Wildman–Crippen LogP) is 4.34. The van der Waals surface area contributed by atoms with Crippen molar-refractivity contribution in [2.45, 2.75) is 27.3 Å². The topological polar surface area (TPSA) is 104 Å². The minimum atomic E-state index is -1.20. The molecule has 0 saturated carbocycles. The van der Waals surface area contributed by atoms with Crippen molar-refractivity contribution in [1.29, 1.82) is 0 Å². The largest absolute Gasteiger partial charge is 0.479 e. The van der Waals surface area contributed by atoms with Gasteiger partial charge in [0, 0.05) is 20.0 Å². The van der Waals surface area contributed by atoms with Gasteiger partial charge >= 0.3 is 11.9 Å². The maximum Gasteiger partial charge on any atom is 0.349 e. The Labute approximate surface area is 181 Å². The Morgan fingerprint density at radius 1 is 1.24 bits per heavy atom. The molecule has 1 heterocycles. The van der Waals surface area contributed by atoms with Gasteiger partial charge in [-0.1, -0.05) is 32.0 Å².